The van der Waals surface area contributed by atoms with E-state index in [0.29, 0.717) is 18.7 Å². The molecule has 0 radical (unpaired) electrons. The van der Waals surface area contributed by atoms with Crippen molar-refractivity contribution in [2.75, 3.05) is 6.61 Å². The summed E-state index contributed by atoms with van der Waals surface area (Å²) in [6, 6.07) is 11.4. The van der Waals surface area contributed by atoms with Gasteiger partial charge in [-0.05, 0) is 88.8 Å². The second-order valence-corrected chi connectivity index (χ2v) is 9.61. The van der Waals surface area contributed by atoms with Gasteiger partial charge in [-0.15, -0.1) is 0 Å². The van der Waals surface area contributed by atoms with Crippen LogP contribution in [0.5, 0.6) is 5.75 Å². The molecule has 2 aromatic rings. The lowest BCUT2D eigenvalue weighted by Crippen LogP contribution is -2.54. The van der Waals surface area contributed by atoms with E-state index in [4.69, 9.17) is 4.74 Å². The third kappa shape index (κ3) is 6.84. The highest BCUT2D eigenvalue weighted by Gasteiger charge is 2.31. The minimum Gasteiger partial charge on any atom is -0.483 e. The molecule has 0 aliphatic heterocycles. The summed E-state index contributed by atoms with van der Waals surface area (Å²) in [6.45, 7) is 16.0. The third-order valence-corrected chi connectivity index (χ3v) is 5.60. The lowest BCUT2D eigenvalue weighted by atomic mass is 10.0. The van der Waals surface area contributed by atoms with Gasteiger partial charge >= 0.3 is 0 Å². The van der Waals surface area contributed by atoms with Gasteiger partial charge in [-0.2, -0.15) is 0 Å². The molecule has 32 heavy (non-hydrogen) atoms. The molecule has 0 saturated heterocycles. The van der Waals surface area contributed by atoms with Crippen LogP contribution in [0.25, 0.3) is 0 Å². The second-order valence-electron chi connectivity index (χ2n) is 9.61. The third-order valence-electron chi connectivity index (χ3n) is 5.60. The molecule has 1 N–H and O–H groups in total. The molecule has 0 spiro atoms. The number of benzene rings is 2. The van der Waals surface area contributed by atoms with E-state index in [9.17, 15) is 9.59 Å². The highest BCUT2D eigenvalue weighted by atomic mass is 16.5. The topological polar surface area (TPSA) is 58.6 Å². The summed E-state index contributed by atoms with van der Waals surface area (Å²) < 4.78 is 5.96. The average molecular weight is 439 g/mol. The number of carbonyl (C=O) groups excluding carboxylic acids is 2. The molecular weight excluding hydrogens is 400 g/mol. The van der Waals surface area contributed by atoms with Gasteiger partial charge in [-0.1, -0.05) is 37.3 Å². The predicted molar refractivity (Wildman–Crippen MR) is 130 cm³/mol. The number of amides is 2. The van der Waals surface area contributed by atoms with Gasteiger partial charge in [0.25, 0.3) is 5.91 Å². The van der Waals surface area contributed by atoms with Gasteiger partial charge in [0.2, 0.25) is 5.91 Å². The average Bonchev–Trinajstić information content (AvgIpc) is 2.69. The molecule has 0 fully saturated rings. The molecule has 1 unspecified atom stereocenters. The SMILES string of the molecule is CCC(C(=O)NC(C)(C)C)N(Cc1ccccc1C)C(=O)COc1cc(C)cc(C)c1C. The van der Waals surface area contributed by atoms with Crippen molar-refractivity contribution in [3.8, 4) is 5.75 Å². The number of carbonyl (C=O) groups is 2. The molecule has 0 aliphatic carbocycles. The van der Waals surface area contributed by atoms with E-state index in [1.807, 2.05) is 85.7 Å². The van der Waals surface area contributed by atoms with Crippen molar-refractivity contribution in [3.63, 3.8) is 0 Å². The Hall–Kier alpha value is -2.82. The Kier molecular flexibility index (Phi) is 8.48. The van der Waals surface area contributed by atoms with E-state index >= 15 is 0 Å². The second kappa shape index (κ2) is 10.7. The maximum Gasteiger partial charge on any atom is 0.261 e. The zero-order valence-corrected chi connectivity index (χ0v) is 20.8. The van der Waals surface area contributed by atoms with E-state index in [1.165, 1.54) is 0 Å². The first-order chi connectivity index (χ1) is 14.9. The zero-order valence-electron chi connectivity index (χ0n) is 20.8. The first-order valence-corrected chi connectivity index (χ1v) is 11.3. The van der Waals surface area contributed by atoms with Crippen LogP contribution in [0.2, 0.25) is 0 Å². The van der Waals surface area contributed by atoms with E-state index in [-0.39, 0.29) is 24.0 Å². The van der Waals surface area contributed by atoms with Crippen LogP contribution in [0.3, 0.4) is 0 Å². The highest BCUT2D eigenvalue weighted by Crippen LogP contribution is 2.24. The summed E-state index contributed by atoms with van der Waals surface area (Å²) in [7, 11) is 0. The Balaban J connectivity index is 2.31. The van der Waals surface area contributed by atoms with Gasteiger partial charge in [0.15, 0.2) is 6.61 Å². The molecule has 0 aromatic heterocycles. The Morgan fingerprint density at radius 1 is 1.03 bits per heavy atom. The van der Waals surface area contributed by atoms with Crippen LogP contribution in [0.1, 0.15) is 61.9 Å². The van der Waals surface area contributed by atoms with Crippen molar-refractivity contribution in [3.05, 3.63) is 64.2 Å². The monoisotopic (exact) mass is 438 g/mol. The number of rotatable bonds is 8. The van der Waals surface area contributed by atoms with Crippen molar-refractivity contribution >= 4 is 11.8 Å². The molecule has 5 heteroatoms. The summed E-state index contributed by atoms with van der Waals surface area (Å²) in [4.78, 5) is 28.1. The van der Waals surface area contributed by atoms with Crippen molar-refractivity contribution in [1.29, 1.82) is 0 Å². The van der Waals surface area contributed by atoms with Gasteiger partial charge in [-0.3, -0.25) is 9.59 Å². The smallest absolute Gasteiger partial charge is 0.261 e. The highest BCUT2D eigenvalue weighted by molar-refractivity contribution is 5.88. The number of hydrogen-bond acceptors (Lipinski definition) is 3. The fraction of sp³-hybridized carbons (Fsp3) is 0.481. The van der Waals surface area contributed by atoms with Gasteiger partial charge in [0.05, 0.1) is 0 Å². The lowest BCUT2D eigenvalue weighted by molar-refractivity contribution is -0.143. The standard InChI is InChI=1S/C27H38N2O3/c1-9-23(26(31)28-27(6,7)8)29(16-22-13-11-10-12-19(22)3)25(30)17-32-24-15-18(2)14-20(4)21(24)5/h10-15,23H,9,16-17H2,1-8H3,(H,28,31). The Morgan fingerprint density at radius 2 is 1.69 bits per heavy atom. The van der Waals surface area contributed by atoms with Gasteiger partial charge in [0, 0.05) is 12.1 Å². The van der Waals surface area contributed by atoms with Crippen LogP contribution >= 0.6 is 0 Å². The molecule has 2 aromatic carbocycles. The number of nitrogens with zero attached hydrogens (tertiary/aromatic N) is 1. The Bertz CT molecular complexity index is 960. The quantitative estimate of drug-likeness (QED) is 0.629. The number of ether oxygens (including phenoxy) is 1. The van der Waals surface area contributed by atoms with E-state index in [2.05, 4.69) is 11.4 Å². The number of nitrogens with one attached hydrogen (secondary N) is 1. The van der Waals surface area contributed by atoms with Gasteiger partial charge in [0.1, 0.15) is 11.8 Å². The van der Waals surface area contributed by atoms with Crippen molar-refractivity contribution < 1.29 is 14.3 Å². The van der Waals surface area contributed by atoms with Crippen LogP contribution in [0.4, 0.5) is 0 Å². The van der Waals surface area contributed by atoms with Crippen molar-refractivity contribution in [2.45, 2.75) is 79.9 Å². The fourth-order valence-electron chi connectivity index (χ4n) is 3.72. The van der Waals surface area contributed by atoms with E-state index < -0.39 is 6.04 Å². The summed E-state index contributed by atoms with van der Waals surface area (Å²) >= 11 is 0. The zero-order chi connectivity index (χ0) is 24.1. The number of hydrogen-bond donors (Lipinski definition) is 1. The molecule has 2 rings (SSSR count). The summed E-state index contributed by atoms with van der Waals surface area (Å²) in [5, 5.41) is 3.03. The molecule has 5 nitrogen and oxygen atoms in total. The van der Waals surface area contributed by atoms with Crippen molar-refractivity contribution in [2.24, 2.45) is 0 Å². The number of aryl methyl sites for hydroxylation is 3. The molecule has 0 bridgehead atoms. The molecule has 174 valence electrons. The molecular formula is C27H38N2O3. The van der Waals surface area contributed by atoms with Gasteiger partial charge in [-0.25, -0.2) is 0 Å². The van der Waals surface area contributed by atoms with Crippen LogP contribution in [0.15, 0.2) is 36.4 Å². The molecule has 0 saturated carbocycles. The van der Waals surface area contributed by atoms with E-state index in [0.717, 1.165) is 27.8 Å². The molecule has 0 heterocycles. The van der Waals surface area contributed by atoms with Crippen LogP contribution < -0.4 is 10.1 Å². The maximum atomic E-state index is 13.4. The lowest BCUT2D eigenvalue weighted by Gasteiger charge is -2.33. The largest absolute Gasteiger partial charge is 0.483 e. The minimum atomic E-state index is -0.578. The Morgan fingerprint density at radius 3 is 2.28 bits per heavy atom. The summed E-state index contributed by atoms with van der Waals surface area (Å²) in [5.41, 5.74) is 4.96. The molecule has 2 amide bonds. The van der Waals surface area contributed by atoms with Crippen LogP contribution in [0, 0.1) is 27.7 Å². The summed E-state index contributed by atoms with van der Waals surface area (Å²) in [5.74, 6) is 0.353. The summed E-state index contributed by atoms with van der Waals surface area (Å²) in [6.07, 6.45) is 0.516. The maximum absolute atomic E-state index is 13.4. The first kappa shape index (κ1) is 25.4. The Labute approximate surface area is 193 Å². The van der Waals surface area contributed by atoms with Crippen LogP contribution in [-0.2, 0) is 16.1 Å². The molecule has 0 aliphatic rings. The normalized spacial score (nSPS) is 12.2. The van der Waals surface area contributed by atoms with Crippen molar-refractivity contribution in [1.82, 2.24) is 10.2 Å². The predicted octanol–water partition coefficient (Wildman–Crippen LogP) is 5.02. The molecule has 1 atom stereocenters. The minimum absolute atomic E-state index is 0.116. The van der Waals surface area contributed by atoms with Crippen LogP contribution in [-0.4, -0.2) is 34.9 Å². The first-order valence-electron chi connectivity index (χ1n) is 11.3. The van der Waals surface area contributed by atoms with Gasteiger partial charge < -0.3 is 15.0 Å². The fourth-order valence-corrected chi connectivity index (χ4v) is 3.72. The van der Waals surface area contributed by atoms with E-state index in [1.54, 1.807) is 4.90 Å².